The number of sulfonamides is 1. The summed E-state index contributed by atoms with van der Waals surface area (Å²) in [6.45, 7) is 0.454. The first-order valence-corrected chi connectivity index (χ1v) is 12.8. The lowest BCUT2D eigenvalue weighted by atomic mass is 9.96. The van der Waals surface area contributed by atoms with E-state index < -0.39 is 16.3 Å². The molecule has 1 fully saturated rings. The second-order valence-electron chi connectivity index (χ2n) is 8.24. The van der Waals surface area contributed by atoms with Gasteiger partial charge in [-0.15, -0.1) is 0 Å². The normalized spacial score (nSPS) is 20.5. The Kier molecular flexibility index (Phi) is 9.72. The molecule has 0 bridgehead atoms. The van der Waals surface area contributed by atoms with Crippen LogP contribution in [0.4, 0.5) is 0 Å². The summed E-state index contributed by atoms with van der Waals surface area (Å²) in [5.74, 6) is 1.14. The summed E-state index contributed by atoms with van der Waals surface area (Å²) in [5, 5.41) is 12.2. The van der Waals surface area contributed by atoms with Gasteiger partial charge in [-0.05, 0) is 55.0 Å². The van der Waals surface area contributed by atoms with Crippen LogP contribution < -0.4 is 10.1 Å². The standard InChI is InChI=1S/C23H34N2O8S/c1-30-13-9-24-23(27)21-15-18(17-3-4-17)16-22(33-21)32-14-11-25(10-12-26)34(28,29)20-7-5-19(31-2)6-8-20/h5-8,15,17-18,22,26H,3-4,9-14,16H2,1-2H3,(H,24,27)/t18-,22+/m1/s1. The highest BCUT2D eigenvalue weighted by atomic mass is 32.2. The van der Waals surface area contributed by atoms with E-state index >= 15 is 0 Å². The Labute approximate surface area is 200 Å². The van der Waals surface area contributed by atoms with Crippen LogP contribution in [0.2, 0.25) is 0 Å². The Morgan fingerprint density at radius 3 is 2.53 bits per heavy atom. The van der Waals surface area contributed by atoms with Crippen molar-refractivity contribution in [3.63, 3.8) is 0 Å². The van der Waals surface area contributed by atoms with Gasteiger partial charge in [0.15, 0.2) is 5.76 Å². The molecule has 1 amide bonds. The van der Waals surface area contributed by atoms with E-state index in [0.717, 1.165) is 12.8 Å². The number of allylic oxidation sites excluding steroid dienone is 1. The third-order valence-corrected chi connectivity index (χ3v) is 7.74. The van der Waals surface area contributed by atoms with Crippen LogP contribution in [0.5, 0.6) is 5.75 Å². The van der Waals surface area contributed by atoms with Crippen LogP contribution in [0, 0.1) is 11.8 Å². The lowest BCUT2D eigenvalue weighted by Crippen LogP contribution is -2.38. The second-order valence-corrected chi connectivity index (χ2v) is 10.2. The molecule has 34 heavy (non-hydrogen) atoms. The molecule has 2 aliphatic rings. The predicted octanol–water partition coefficient (Wildman–Crippen LogP) is 1.11. The first kappa shape index (κ1) is 26.4. The zero-order valence-electron chi connectivity index (χ0n) is 19.6. The number of aliphatic hydroxyl groups excluding tert-OH is 1. The topological polar surface area (TPSA) is 124 Å². The summed E-state index contributed by atoms with van der Waals surface area (Å²) in [6.07, 6.45) is 4.03. The third kappa shape index (κ3) is 7.16. The summed E-state index contributed by atoms with van der Waals surface area (Å²) < 4.78 is 48.9. The van der Waals surface area contributed by atoms with E-state index in [1.165, 1.54) is 23.5 Å². The van der Waals surface area contributed by atoms with Crippen LogP contribution in [0.1, 0.15) is 19.3 Å². The molecule has 3 rings (SSSR count). The Bertz CT molecular complexity index is 931. The molecule has 0 unspecified atom stereocenters. The highest BCUT2D eigenvalue weighted by Crippen LogP contribution is 2.42. The first-order valence-electron chi connectivity index (χ1n) is 11.4. The van der Waals surface area contributed by atoms with Gasteiger partial charge in [-0.2, -0.15) is 4.31 Å². The lowest BCUT2D eigenvalue weighted by molar-refractivity contribution is -0.150. The molecule has 0 radical (unpaired) electrons. The summed E-state index contributed by atoms with van der Waals surface area (Å²) in [4.78, 5) is 12.6. The van der Waals surface area contributed by atoms with Gasteiger partial charge in [-0.1, -0.05) is 0 Å². The summed E-state index contributed by atoms with van der Waals surface area (Å²) in [7, 11) is -0.769. The lowest BCUT2D eigenvalue weighted by Gasteiger charge is -2.30. The summed E-state index contributed by atoms with van der Waals surface area (Å²) in [6, 6.07) is 6.06. The fourth-order valence-corrected chi connectivity index (χ4v) is 5.21. The first-order chi connectivity index (χ1) is 16.4. The molecule has 10 nitrogen and oxygen atoms in total. The molecule has 0 spiro atoms. The van der Waals surface area contributed by atoms with E-state index in [0.29, 0.717) is 31.2 Å². The number of hydrogen-bond acceptors (Lipinski definition) is 8. The molecular weight excluding hydrogens is 464 g/mol. The van der Waals surface area contributed by atoms with Gasteiger partial charge in [-0.3, -0.25) is 4.79 Å². The smallest absolute Gasteiger partial charge is 0.286 e. The summed E-state index contributed by atoms with van der Waals surface area (Å²) in [5.41, 5.74) is 0. The Balaban J connectivity index is 1.59. The van der Waals surface area contributed by atoms with Crippen LogP contribution in [0.3, 0.4) is 0 Å². The monoisotopic (exact) mass is 498 g/mol. The number of amides is 1. The van der Waals surface area contributed by atoms with Crippen molar-refractivity contribution in [2.75, 3.05) is 53.7 Å². The average molecular weight is 499 g/mol. The van der Waals surface area contributed by atoms with Gasteiger partial charge in [-0.25, -0.2) is 8.42 Å². The minimum Gasteiger partial charge on any atom is -0.497 e. The van der Waals surface area contributed by atoms with Crippen molar-refractivity contribution in [2.24, 2.45) is 11.8 Å². The van der Waals surface area contributed by atoms with Gasteiger partial charge >= 0.3 is 0 Å². The van der Waals surface area contributed by atoms with E-state index in [4.69, 9.17) is 18.9 Å². The number of hydrogen-bond donors (Lipinski definition) is 2. The molecule has 1 aromatic carbocycles. The van der Waals surface area contributed by atoms with E-state index in [9.17, 15) is 18.3 Å². The van der Waals surface area contributed by atoms with Gasteiger partial charge in [0.25, 0.3) is 5.91 Å². The van der Waals surface area contributed by atoms with E-state index in [-0.39, 0.29) is 48.8 Å². The predicted molar refractivity (Wildman–Crippen MR) is 123 cm³/mol. The fourth-order valence-electron chi connectivity index (χ4n) is 3.80. The van der Waals surface area contributed by atoms with Crippen molar-refractivity contribution in [3.8, 4) is 5.75 Å². The van der Waals surface area contributed by atoms with Crippen molar-refractivity contribution in [3.05, 3.63) is 36.1 Å². The molecule has 2 N–H and O–H groups in total. The van der Waals surface area contributed by atoms with Crippen molar-refractivity contribution < 1.29 is 37.3 Å². The van der Waals surface area contributed by atoms with Crippen LogP contribution in [-0.2, 0) is 29.0 Å². The molecule has 2 atom stereocenters. The molecule has 1 saturated carbocycles. The van der Waals surface area contributed by atoms with Crippen LogP contribution in [0.15, 0.2) is 41.0 Å². The van der Waals surface area contributed by atoms with Gasteiger partial charge < -0.3 is 29.4 Å². The molecule has 1 aliphatic carbocycles. The van der Waals surface area contributed by atoms with Gasteiger partial charge in [0, 0.05) is 33.2 Å². The number of benzene rings is 1. The molecule has 1 heterocycles. The Hall–Kier alpha value is -2.18. The Morgan fingerprint density at radius 1 is 1.18 bits per heavy atom. The highest BCUT2D eigenvalue weighted by molar-refractivity contribution is 7.89. The van der Waals surface area contributed by atoms with Crippen LogP contribution in [-0.4, -0.2) is 83.7 Å². The zero-order chi connectivity index (χ0) is 24.6. The second kappa shape index (κ2) is 12.5. The van der Waals surface area contributed by atoms with Crippen molar-refractivity contribution >= 4 is 15.9 Å². The minimum absolute atomic E-state index is 0.0297. The number of rotatable bonds is 14. The minimum atomic E-state index is -3.83. The number of nitrogens with zero attached hydrogens (tertiary/aromatic N) is 1. The molecular formula is C23H34N2O8S. The van der Waals surface area contributed by atoms with E-state index in [1.54, 1.807) is 19.2 Å². The SMILES string of the molecule is COCCNC(=O)C1=C[C@@H](C2CC2)C[C@@H](OCCN(CCO)S(=O)(=O)c2ccc(OC)cc2)O1. The molecule has 0 saturated heterocycles. The number of methoxy groups -OCH3 is 2. The maximum atomic E-state index is 13.0. The van der Waals surface area contributed by atoms with Gasteiger partial charge in [0.05, 0.1) is 31.8 Å². The maximum absolute atomic E-state index is 13.0. The maximum Gasteiger partial charge on any atom is 0.286 e. The molecule has 1 aromatic rings. The number of carbonyl (C=O) groups excluding carboxylic acids is 1. The van der Waals surface area contributed by atoms with Crippen molar-refractivity contribution in [1.29, 1.82) is 0 Å². The zero-order valence-corrected chi connectivity index (χ0v) is 20.5. The quantitative estimate of drug-likeness (QED) is 0.366. The van der Waals surface area contributed by atoms with Gasteiger partial charge in [0.2, 0.25) is 16.3 Å². The van der Waals surface area contributed by atoms with Crippen LogP contribution in [0.25, 0.3) is 0 Å². The molecule has 190 valence electrons. The molecule has 0 aromatic heterocycles. The van der Waals surface area contributed by atoms with E-state index in [2.05, 4.69) is 5.32 Å². The number of carbonyl (C=O) groups is 1. The average Bonchev–Trinajstić information content (AvgIpc) is 3.69. The molecule has 11 heteroatoms. The number of aliphatic hydroxyl groups is 1. The Morgan fingerprint density at radius 2 is 1.91 bits per heavy atom. The third-order valence-electron chi connectivity index (χ3n) is 5.82. The highest BCUT2D eigenvalue weighted by Gasteiger charge is 2.37. The van der Waals surface area contributed by atoms with Crippen molar-refractivity contribution in [2.45, 2.75) is 30.4 Å². The van der Waals surface area contributed by atoms with Crippen LogP contribution >= 0.6 is 0 Å². The van der Waals surface area contributed by atoms with Gasteiger partial charge in [0.1, 0.15) is 5.75 Å². The van der Waals surface area contributed by atoms with E-state index in [1.807, 2.05) is 6.08 Å². The number of ether oxygens (including phenoxy) is 4. The summed E-state index contributed by atoms with van der Waals surface area (Å²) >= 11 is 0. The van der Waals surface area contributed by atoms with Crippen molar-refractivity contribution in [1.82, 2.24) is 9.62 Å². The molecule has 1 aliphatic heterocycles. The fraction of sp³-hybridized carbons (Fsp3) is 0.609. The number of nitrogens with one attached hydrogen (secondary N) is 1. The largest absolute Gasteiger partial charge is 0.497 e.